The SMILES string of the molecule is COC(=O)C1(O)CC2(CC(N(Cc3ccccc3)Cc3ccccc3)C2)C1. The molecule has 2 aliphatic rings. The Kier molecular flexibility index (Phi) is 4.79. The highest BCUT2D eigenvalue weighted by Crippen LogP contribution is 2.62. The van der Waals surface area contributed by atoms with Crippen molar-refractivity contribution in [2.45, 2.75) is 50.4 Å². The molecule has 2 fully saturated rings. The number of hydrogen-bond donors (Lipinski definition) is 1. The first-order valence-corrected chi connectivity index (χ1v) is 9.65. The summed E-state index contributed by atoms with van der Waals surface area (Å²) in [6.45, 7) is 1.83. The molecule has 4 heteroatoms. The minimum Gasteiger partial charge on any atom is -0.467 e. The molecule has 1 N–H and O–H groups in total. The average molecular weight is 365 g/mol. The fourth-order valence-corrected chi connectivity index (χ4v) is 4.96. The van der Waals surface area contributed by atoms with Crippen LogP contribution >= 0.6 is 0 Å². The lowest BCUT2D eigenvalue weighted by Gasteiger charge is -2.62. The molecule has 1 spiro atoms. The van der Waals surface area contributed by atoms with Crippen LogP contribution in [0.5, 0.6) is 0 Å². The molecule has 0 radical (unpaired) electrons. The summed E-state index contributed by atoms with van der Waals surface area (Å²) in [7, 11) is 1.34. The van der Waals surface area contributed by atoms with Crippen LogP contribution in [0.1, 0.15) is 36.8 Å². The first-order chi connectivity index (χ1) is 13.0. The minimum absolute atomic E-state index is 0.110. The number of esters is 1. The molecule has 0 aromatic heterocycles. The van der Waals surface area contributed by atoms with Gasteiger partial charge in [0, 0.05) is 19.1 Å². The van der Waals surface area contributed by atoms with E-state index in [1.807, 2.05) is 12.1 Å². The molecule has 0 atom stereocenters. The molecule has 0 unspecified atom stereocenters. The molecular formula is C23H27NO3. The molecule has 0 heterocycles. The van der Waals surface area contributed by atoms with Crippen LogP contribution in [0, 0.1) is 5.41 Å². The first-order valence-electron chi connectivity index (χ1n) is 9.65. The largest absolute Gasteiger partial charge is 0.467 e. The van der Waals surface area contributed by atoms with Gasteiger partial charge in [-0.25, -0.2) is 4.79 Å². The quantitative estimate of drug-likeness (QED) is 0.796. The minimum atomic E-state index is -1.26. The maximum absolute atomic E-state index is 11.8. The highest BCUT2D eigenvalue weighted by molar-refractivity contribution is 5.80. The summed E-state index contributed by atoms with van der Waals surface area (Å²) in [4.78, 5) is 14.3. The van der Waals surface area contributed by atoms with Crippen LogP contribution in [0.4, 0.5) is 0 Å². The van der Waals surface area contributed by atoms with Crippen LogP contribution in [0.2, 0.25) is 0 Å². The van der Waals surface area contributed by atoms with Gasteiger partial charge in [0.15, 0.2) is 5.60 Å². The van der Waals surface area contributed by atoms with E-state index in [4.69, 9.17) is 4.74 Å². The highest BCUT2D eigenvalue weighted by atomic mass is 16.5. The number of hydrogen-bond acceptors (Lipinski definition) is 4. The number of methoxy groups -OCH3 is 1. The monoisotopic (exact) mass is 365 g/mol. The van der Waals surface area contributed by atoms with Crippen molar-refractivity contribution in [3.63, 3.8) is 0 Å². The van der Waals surface area contributed by atoms with Crippen LogP contribution in [0.25, 0.3) is 0 Å². The second-order valence-corrected chi connectivity index (χ2v) is 8.31. The van der Waals surface area contributed by atoms with E-state index in [-0.39, 0.29) is 5.41 Å². The van der Waals surface area contributed by atoms with E-state index in [9.17, 15) is 9.90 Å². The van der Waals surface area contributed by atoms with Gasteiger partial charge in [-0.2, -0.15) is 0 Å². The van der Waals surface area contributed by atoms with E-state index < -0.39 is 11.6 Å². The Balaban J connectivity index is 1.42. The molecular weight excluding hydrogens is 338 g/mol. The van der Waals surface area contributed by atoms with Crippen molar-refractivity contribution in [2.24, 2.45) is 5.41 Å². The predicted octanol–water partition coefficient (Wildman–Crippen LogP) is 3.54. The summed E-state index contributed by atoms with van der Waals surface area (Å²) in [5, 5.41) is 10.4. The predicted molar refractivity (Wildman–Crippen MR) is 104 cm³/mol. The van der Waals surface area contributed by atoms with Gasteiger partial charge in [0.1, 0.15) is 0 Å². The maximum atomic E-state index is 11.8. The van der Waals surface area contributed by atoms with Gasteiger partial charge in [0.25, 0.3) is 0 Å². The number of ether oxygens (including phenoxy) is 1. The molecule has 0 aliphatic heterocycles. The molecule has 2 aromatic rings. The molecule has 0 bridgehead atoms. The Morgan fingerprint density at radius 3 is 1.93 bits per heavy atom. The Labute approximate surface area is 160 Å². The van der Waals surface area contributed by atoms with Crippen LogP contribution in [-0.4, -0.2) is 34.7 Å². The van der Waals surface area contributed by atoms with Gasteiger partial charge in [-0.3, -0.25) is 4.90 Å². The molecule has 2 saturated carbocycles. The third-order valence-corrected chi connectivity index (χ3v) is 6.21. The second kappa shape index (κ2) is 7.10. The third-order valence-electron chi connectivity index (χ3n) is 6.21. The topological polar surface area (TPSA) is 49.8 Å². The van der Waals surface area contributed by atoms with Gasteiger partial charge < -0.3 is 9.84 Å². The van der Waals surface area contributed by atoms with Gasteiger partial charge in [0.05, 0.1) is 7.11 Å². The van der Waals surface area contributed by atoms with Crippen molar-refractivity contribution in [3.05, 3.63) is 71.8 Å². The number of benzene rings is 2. The fraction of sp³-hybridized carbons (Fsp3) is 0.435. The lowest BCUT2D eigenvalue weighted by atomic mass is 9.48. The Bertz CT molecular complexity index is 734. The standard InChI is InChI=1S/C23H27NO3/c1-27-21(25)23(26)16-22(17-23)12-20(13-22)24(14-18-8-4-2-5-9-18)15-19-10-6-3-7-11-19/h2-11,20,26H,12-17H2,1H3. The van der Waals surface area contributed by atoms with Gasteiger partial charge in [-0.05, 0) is 42.2 Å². The normalized spacial score (nSPS) is 29.2. The molecule has 0 amide bonds. The van der Waals surface area contributed by atoms with Crippen LogP contribution < -0.4 is 0 Å². The number of carbonyl (C=O) groups is 1. The van der Waals surface area contributed by atoms with Crippen molar-refractivity contribution in [1.29, 1.82) is 0 Å². The maximum Gasteiger partial charge on any atom is 0.337 e. The highest BCUT2D eigenvalue weighted by Gasteiger charge is 2.64. The lowest BCUT2D eigenvalue weighted by molar-refractivity contribution is -0.212. The lowest BCUT2D eigenvalue weighted by Crippen LogP contribution is -2.65. The number of nitrogens with zero attached hydrogens (tertiary/aromatic N) is 1. The summed E-state index contributed by atoms with van der Waals surface area (Å²) in [5.41, 5.74) is 1.48. The van der Waals surface area contributed by atoms with Crippen molar-refractivity contribution in [1.82, 2.24) is 4.90 Å². The molecule has 27 heavy (non-hydrogen) atoms. The van der Waals surface area contributed by atoms with E-state index in [0.29, 0.717) is 18.9 Å². The van der Waals surface area contributed by atoms with E-state index >= 15 is 0 Å². The summed E-state index contributed by atoms with van der Waals surface area (Å²) >= 11 is 0. The van der Waals surface area contributed by atoms with Crippen LogP contribution in [-0.2, 0) is 22.6 Å². The number of carbonyl (C=O) groups excluding carboxylic acids is 1. The van der Waals surface area contributed by atoms with Crippen LogP contribution in [0.3, 0.4) is 0 Å². The zero-order chi connectivity index (χ0) is 18.9. The van der Waals surface area contributed by atoms with Crippen molar-refractivity contribution in [2.75, 3.05) is 7.11 Å². The second-order valence-electron chi connectivity index (χ2n) is 8.31. The third kappa shape index (κ3) is 3.64. The molecule has 0 saturated heterocycles. The van der Waals surface area contributed by atoms with Gasteiger partial charge >= 0.3 is 5.97 Å². The van der Waals surface area contributed by atoms with Crippen molar-refractivity contribution < 1.29 is 14.6 Å². The summed E-state index contributed by atoms with van der Waals surface area (Å²) in [5.74, 6) is -0.484. The van der Waals surface area contributed by atoms with Gasteiger partial charge in [0.2, 0.25) is 0 Å². The summed E-state index contributed by atoms with van der Waals surface area (Å²) in [6, 6.07) is 21.6. The van der Waals surface area contributed by atoms with E-state index in [1.54, 1.807) is 0 Å². The molecule has 142 valence electrons. The summed E-state index contributed by atoms with van der Waals surface area (Å²) < 4.78 is 4.75. The smallest absolute Gasteiger partial charge is 0.337 e. The number of aliphatic hydroxyl groups is 1. The zero-order valence-electron chi connectivity index (χ0n) is 15.8. The molecule has 4 rings (SSSR count). The first kappa shape index (κ1) is 18.2. The fourth-order valence-electron chi connectivity index (χ4n) is 4.96. The summed E-state index contributed by atoms with van der Waals surface area (Å²) in [6.07, 6.45) is 3.14. The van der Waals surface area contributed by atoms with E-state index in [1.165, 1.54) is 18.2 Å². The van der Waals surface area contributed by atoms with Crippen molar-refractivity contribution >= 4 is 5.97 Å². The Morgan fingerprint density at radius 2 is 1.48 bits per heavy atom. The molecule has 2 aromatic carbocycles. The molecule has 2 aliphatic carbocycles. The molecule has 4 nitrogen and oxygen atoms in total. The van der Waals surface area contributed by atoms with Crippen molar-refractivity contribution in [3.8, 4) is 0 Å². The Hall–Kier alpha value is -2.17. The number of rotatable bonds is 6. The van der Waals surface area contributed by atoms with Gasteiger partial charge in [-0.15, -0.1) is 0 Å². The van der Waals surface area contributed by atoms with Crippen LogP contribution in [0.15, 0.2) is 60.7 Å². The average Bonchev–Trinajstić information content (AvgIpc) is 2.64. The Morgan fingerprint density at radius 1 is 1.00 bits per heavy atom. The van der Waals surface area contributed by atoms with E-state index in [0.717, 1.165) is 25.9 Å². The van der Waals surface area contributed by atoms with E-state index in [2.05, 4.69) is 53.4 Å². The van der Waals surface area contributed by atoms with Gasteiger partial charge in [-0.1, -0.05) is 60.7 Å². The zero-order valence-corrected chi connectivity index (χ0v) is 15.8.